The van der Waals surface area contributed by atoms with Gasteiger partial charge < -0.3 is 22.6 Å². The zero-order valence-electron chi connectivity index (χ0n) is 11.1. The van der Waals surface area contributed by atoms with Gasteiger partial charge in [0.1, 0.15) is 5.60 Å². The summed E-state index contributed by atoms with van der Waals surface area (Å²) >= 11 is 0. The van der Waals surface area contributed by atoms with E-state index in [1.165, 1.54) is 4.90 Å². The van der Waals surface area contributed by atoms with Crippen LogP contribution in [-0.4, -0.2) is 36.7 Å². The Morgan fingerprint density at radius 2 is 1.83 bits per heavy atom. The molecule has 0 spiro atoms. The van der Waals surface area contributed by atoms with Crippen molar-refractivity contribution in [3.8, 4) is 0 Å². The molecule has 0 N–H and O–H groups in total. The number of hydrogen-bond acceptors (Lipinski definition) is 2. The monoisotopic (exact) mass is 266 g/mol. The first-order valence-electron chi connectivity index (χ1n) is 6.27. The van der Waals surface area contributed by atoms with Crippen LogP contribution in [0.4, 0.5) is 17.7 Å². The van der Waals surface area contributed by atoms with E-state index in [0.717, 1.165) is 0 Å². The van der Waals surface area contributed by atoms with Crippen LogP contribution >= 0.6 is 0 Å². The summed E-state index contributed by atoms with van der Waals surface area (Å²) in [5, 5.41) is 0. The normalized spacial score (nSPS) is 22.6. The van der Waals surface area contributed by atoms with E-state index in [4.69, 9.17) is 4.74 Å². The molecule has 1 amide bonds. The van der Waals surface area contributed by atoms with E-state index in [2.05, 4.69) is 0 Å². The van der Waals surface area contributed by atoms with Crippen LogP contribution in [0.15, 0.2) is 0 Å². The predicted molar refractivity (Wildman–Crippen MR) is 64.5 cm³/mol. The second-order valence-corrected chi connectivity index (χ2v) is 5.78. The van der Waals surface area contributed by atoms with Gasteiger partial charge in [-0.25, -0.2) is 4.79 Å². The van der Waals surface area contributed by atoms with Crippen molar-refractivity contribution in [3.63, 3.8) is 0 Å². The lowest BCUT2D eigenvalue weighted by Crippen LogP contribution is -2.37. The lowest BCUT2D eigenvalue weighted by atomic mass is 9.68. The fourth-order valence-electron chi connectivity index (χ4n) is 2.01. The van der Waals surface area contributed by atoms with Gasteiger partial charge >= 0.3 is 13.1 Å². The van der Waals surface area contributed by atoms with Crippen molar-refractivity contribution in [1.29, 1.82) is 0 Å². The molecule has 0 aromatic carbocycles. The van der Waals surface area contributed by atoms with Crippen LogP contribution in [0, 0.1) is 0 Å². The molecular weight excluding hydrogens is 246 g/mol. The van der Waals surface area contributed by atoms with Gasteiger partial charge in [0.15, 0.2) is 0 Å². The van der Waals surface area contributed by atoms with E-state index in [1.54, 1.807) is 20.8 Å². The lowest BCUT2D eigenvalue weighted by molar-refractivity contribution is 0.0256. The molecule has 18 heavy (non-hydrogen) atoms. The average molecular weight is 266 g/mol. The maximum absolute atomic E-state index is 12.6. The first-order chi connectivity index (χ1) is 8.09. The predicted octanol–water partition coefficient (Wildman–Crippen LogP) is 3.63. The van der Waals surface area contributed by atoms with Crippen LogP contribution in [0.2, 0.25) is 5.82 Å². The Bertz CT molecular complexity index is 302. The van der Waals surface area contributed by atoms with Crippen molar-refractivity contribution in [2.75, 3.05) is 13.1 Å². The molecule has 0 aromatic rings. The molecule has 0 radical (unpaired) electrons. The van der Waals surface area contributed by atoms with Crippen molar-refractivity contribution in [2.24, 2.45) is 0 Å². The molecule has 0 aliphatic carbocycles. The second-order valence-electron chi connectivity index (χ2n) is 5.78. The van der Waals surface area contributed by atoms with Gasteiger partial charge in [0, 0.05) is 13.1 Å². The van der Waals surface area contributed by atoms with Crippen molar-refractivity contribution < 1.29 is 22.5 Å². The summed E-state index contributed by atoms with van der Waals surface area (Å²) in [6.07, 6.45) is -0.0331. The molecule has 3 nitrogen and oxygen atoms in total. The van der Waals surface area contributed by atoms with Crippen molar-refractivity contribution >= 4 is 13.1 Å². The van der Waals surface area contributed by atoms with Gasteiger partial charge in [-0.1, -0.05) is 18.7 Å². The minimum atomic E-state index is -4.80. The van der Waals surface area contributed by atoms with Crippen LogP contribution in [0.1, 0.15) is 40.0 Å². The highest BCUT2D eigenvalue weighted by Gasteiger charge is 2.36. The first kappa shape index (κ1) is 15.2. The van der Waals surface area contributed by atoms with E-state index >= 15 is 0 Å². The minimum absolute atomic E-state index is 0.0112. The number of carbonyl (C=O) groups excluding carboxylic acids is 1. The van der Waals surface area contributed by atoms with Crippen molar-refractivity contribution in [1.82, 2.24) is 4.90 Å². The summed E-state index contributed by atoms with van der Waals surface area (Å²) in [4.78, 5) is 13.1. The Hall–Kier alpha value is -0.875. The zero-order valence-corrected chi connectivity index (χ0v) is 11.1. The number of hydrogen-bond donors (Lipinski definition) is 0. The molecule has 1 fully saturated rings. The van der Waals surface area contributed by atoms with Gasteiger partial charge in [0.05, 0.1) is 0 Å². The molecular formula is C11H20BF3NO2-. The smallest absolute Gasteiger partial charge is 0.449 e. The summed E-state index contributed by atoms with van der Waals surface area (Å²) in [5.74, 6) is -1.24. The highest BCUT2D eigenvalue weighted by molar-refractivity contribution is 6.60. The Morgan fingerprint density at radius 1 is 1.22 bits per heavy atom. The van der Waals surface area contributed by atoms with Gasteiger partial charge in [0.2, 0.25) is 0 Å². The topological polar surface area (TPSA) is 29.5 Å². The number of rotatable bonds is 1. The van der Waals surface area contributed by atoms with E-state index < -0.39 is 24.5 Å². The zero-order chi connectivity index (χ0) is 14.0. The number of amides is 1. The number of ether oxygens (including phenoxy) is 1. The molecule has 0 aromatic heterocycles. The minimum Gasteiger partial charge on any atom is -0.449 e. The highest BCUT2D eigenvalue weighted by atomic mass is 19.4. The molecule has 1 rings (SSSR count). The molecule has 1 unspecified atom stereocenters. The number of halogens is 3. The third-order valence-corrected chi connectivity index (χ3v) is 2.96. The maximum atomic E-state index is 12.6. The Kier molecular flexibility index (Phi) is 4.56. The van der Waals surface area contributed by atoms with Gasteiger partial charge in [0.25, 0.3) is 0 Å². The molecule has 1 saturated heterocycles. The summed E-state index contributed by atoms with van der Waals surface area (Å²) in [5.41, 5.74) is -0.614. The van der Waals surface area contributed by atoms with Crippen LogP contribution in [-0.2, 0) is 4.74 Å². The molecule has 106 valence electrons. The average Bonchev–Trinajstić information content (AvgIpc) is 2.38. The van der Waals surface area contributed by atoms with E-state index in [0.29, 0.717) is 13.0 Å². The van der Waals surface area contributed by atoms with Gasteiger partial charge in [-0.3, -0.25) is 0 Å². The van der Waals surface area contributed by atoms with Crippen LogP contribution in [0.3, 0.4) is 0 Å². The van der Waals surface area contributed by atoms with Crippen LogP contribution < -0.4 is 0 Å². The number of nitrogens with zero attached hydrogens (tertiary/aromatic N) is 1. The molecule has 0 bridgehead atoms. The molecule has 1 heterocycles. The molecule has 1 aliphatic rings. The third kappa shape index (κ3) is 4.78. The quantitative estimate of drug-likeness (QED) is 0.678. The largest absolute Gasteiger partial charge is 0.481 e. The van der Waals surface area contributed by atoms with E-state index in [-0.39, 0.29) is 19.4 Å². The second kappa shape index (κ2) is 5.40. The van der Waals surface area contributed by atoms with Crippen LogP contribution in [0.5, 0.6) is 0 Å². The Labute approximate surface area is 106 Å². The SMILES string of the molecule is CC(C)(C)OC(=O)N1CCCC([B-](F)(F)F)CC1. The summed E-state index contributed by atoms with van der Waals surface area (Å²) in [6, 6.07) is 0. The van der Waals surface area contributed by atoms with E-state index in [1.807, 2.05) is 0 Å². The molecule has 7 heteroatoms. The lowest BCUT2D eigenvalue weighted by Gasteiger charge is -2.27. The van der Waals surface area contributed by atoms with Crippen LogP contribution in [0.25, 0.3) is 0 Å². The maximum Gasteiger partial charge on any atom is 0.481 e. The fraction of sp³-hybridized carbons (Fsp3) is 0.909. The number of carbonyl (C=O) groups is 1. The highest BCUT2D eigenvalue weighted by Crippen LogP contribution is 2.35. The molecule has 1 atom stereocenters. The summed E-state index contributed by atoms with van der Waals surface area (Å²) in [7, 11) is 0. The fourth-order valence-corrected chi connectivity index (χ4v) is 2.01. The third-order valence-electron chi connectivity index (χ3n) is 2.96. The standard InChI is InChI=1S/C11H20BF3NO2/c1-11(2,3)18-10(17)16-7-4-5-9(6-8-16)12(13,14)15/h9H,4-8H2,1-3H3/q-1. The van der Waals surface area contributed by atoms with Gasteiger partial charge in [-0.2, -0.15) is 0 Å². The molecule has 0 saturated carbocycles. The van der Waals surface area contributed by atoms with Gasteiger partial charge in [-0.15, -0.1) is 0 Å². The van der Waals surface area contributed by atoms with Crippen molar-refractivity contribution in [3.05, 3.63) is 0 Å². The van der Waals surface area contributed by atoms with Gasteiger partial charge in [-0.05, 0) is 27.2 Å². The number of likely N-dealkylation sites (tertiary alicyclic amines) is 1. The van der Waals surface area contributed by atoms with Crippen molar-refractivity contribution in [2.45, 2.75) is 51.5 Å². The Balaban J connectivity index is 2.54. The first-order valence-corrected chi connectivity index (χ1v) is 6.27. The summed E-state index contributed by atoms with van der Waals surface area (Å²) < 4.78 is 43.1. The van der Waals surface area contributed by atoms with E-state index in [9.17, 15) is 17.7 Å². The Morgan fingerprint density at radius 3 is 2.33 bits per heavy atom. The molecule has 1 aliphatic heterocycles. The summed E-state index contributed by atoms with van der Waals surface area (Å²) in [6.45, 7) is 0.892.